The molecule has 0 bridgehead atoms. The van der Waals surface area contributed by atoms with E-state index in [2.05, 4.69) is 5.32 Å². The lowest BCUT2D eigenvalue weighted by atomic mass is 10.1. The van der Waals surface area contributed by atoms with Crippen molar-refractivity contribution in [1.29, 1.82) is 0 Å². The largest absolute Gasteiger partial charge is 0.478 e. The zero-order valence-corrected chi connectivity index (χ0v) is 10.3. The summed E-state index contributed by atoms with van der Waals surface area (Å²) in [6, 6.07) is 9.06. The lowest BCUT2D eigenvalue weighted by Crippen LogP contribution is -2.05. The number of nitrogen functional groups attached to an aromatic ring is 1. The van der Waals surface area contributed by atoms with Crippen LogP contribution in [0.5, 0.6) is 0 Å². The molecule has 0 fully saturated rings. The lowest BCUT2D eigenvalue weighted by molar-refractivity contribution is 0.0698. The average molecular weight is 260 g/mol. The molecule has 19 heavy (non-hydrogen) atoms. The van der Waals surface area contributed by atoms with Crippen LogP contribution in [0.15, 0.2) is 36.4 Å². The van der Waals surface area contributed by atoms with Crippen molar-refractivity contribution in [2.75, 3.05) is 11.1 Å². The molecule has 0 spiro atoms. The summed E-state index contributed by atoms with van der Waals surface area (Å²) in [6.45, 7) is 1.72. The van der Waals surface area contributed by atoms with Crippen molar-refractivity contribution < 1.29 is 14.3 Å². The Morgan fingerprint density at radius 1 is 1.26 bits per heavy atom. The Morgan fingerprint density at radius 2 is 2.00 bits per heavy atom. The maximum absolute atomic E-state index is 13.1. The zero-order valence-electron chi connectivity index (χ0n) is 10.3. The Balaban J connectivity index is 2.38. The second-order valence-corrected chi connectivity index (χ2v) is 4.19. The van der Waals surface area contributed by atoms with E-state index in [0.29, 0.717) is 16.9 Å². The molecule has 4 nitrogen and oxygen atoms in total. The van der Waals surface area contributed by atoms with E-state index in [-0.39, 0.29) is 17.1 Å². The minimum absolute atomic E-state index is 0.0268. The van der Waals surface area contributed by atoms with E-state index in [9.17, 15) is 9.18 Å². The third-order valence-electron chi connectivity index (χ3n) is 2.73. The number of carboxylic acids is 1. The number of benzene rings is 2. The first-order chi connectivity index (χ1) is 8.97. The minimum Gasteiger partial charge on any atom is -0.478 e. The molecular weight excluding hydrogens is 247 g/mol. The van der Waals surface area contributed by atoms with Gasteiger partial charge in [-0.05, 0) is 42.8 Å². The normalized spacial score (nSPS) is 10.2. The Bertz CT molecular complexity index is 641. The quantitative estimate of drug-likeness (QED) is 0.741. The van der Waals surface area contributed by atoms with Crippen LogP contribution < -0.4 is 11.1 Å². The van der Waals surface area contributed by atoms with Gasteiger partial charge in [0.05, 0.1) is 5.56 Å². The summed E-state index contributed by atoms with van der Waals surface area (Å²) in [5.41, 5.74) is 7.71. The molecule has 0 aliphatic carbocycles. The van der Waals surface area contributed by atoms with Gasteiger partial charge in [0.25, 0.3) is 0 Å². The summed E-state index contributed by atoms with van der Waals surface area (Å²) in [5, 5.41) is 12.0. The molecule has 0 aliphatic rings. The topological polar surface area (TPSA) is 75.3 Å². The second-order valence-electron chi connectivity index (χ2n) is 4.19. The number of carboxylic acid groups (broad SMARTS) is 1. The number of hydrogen-bond acceptors (Lipinski definition) is 3. The van der Waals surface area contributed by atoms with E-state index in [1.165, 1.54) is 18.2 Å². The second kappa shape index (κ2) is 4.97. The van der Waals surface area contributed by atoms with E-state index in [1.807, 2.05) is 0 Å². The fourth-order valence-corrected chi connectivity index (χ4v) is 1.78. The van der Waals surface area contributed by atoms with Crippen molar-refractivity contribution in [2.45, 2.75) is 6.92 Å². The summed E-state index contributed by atoms with van der Waals surface area (Å²) in [6.07, 6.45) is 0. The van der Waals surface area contributed by atoms with Gasteiger partial charge in [0.2, 0.25) is 0 Å². The number of rotatable bonds is 3. The fourth-order valence-electron chi connectivity index (χ4n) is 1.78. The number of aromatic carboxylic acids is 1. The molecule has 0 saturated carbocycles. The SMILES string of the molecule is Cc1cc(Nc2cccc(F)c2)cc(C(=O)O)c1N. The monoisotopic (exact) mass is 260 g/mol. The van der Waals surface area contributed by atoms with Crippen LogP contribution in [-0.2, 0) is 0 Å². The first kappa shape index (κ1) is 12.9. The van der Waals surface area contributed by atoms with Gasteiger partial charge in [0, 0.05) is 17.1 Å². The summed E-state index contributed by atoms with van der Waals surface area (Å²) in [7, 11) is 0. The Kier molecular flexibility index (Phi) is 3.37. The van der Waals surface area contributed by atoms with E-state index in [1.54, 1.807) is 25.1 Å². The predicted octanol–water partition coefficient (Wildman–Crippen LogP) is 3.16. The van der Waals surface area contributed by atoms with Gasteiger partial charge in [-0.2, -0.15) is 0 Å². The number of hydrogen-bond donors (Lipinski definition) is 3. The van der Waals surface area contributed by atoms with Gasteiger partial charge in [-0.3, -0.25) is 0 Å². The van der Waals surface area contributed by atoms with E-state index in [4.69, 9.17) is 10.8 Å². The first-order valence-electron chi connectivity index (χ1n) is 5.63. The molecule has 0 atom stereocenters. The standard InChI is InChI=1S/C14H13FN2O2/c1-8-5-11(7-12(13(8)16)14(18)19)17-10-4-2-3-9(15)6-10/h2-7,17H,16H2,1H3,(H,18,19). The van der Waals surface area contributed by atoms with Gasteiger partial charge in [-0.25, -0.2) is 9.18 Å². The number of aryl methyl sites for hydroxylation is 1. The van der Waals surface area contributed by atoms with Gasteiger partial charge >= 0.3 is 5.97 Å². The van der Waals surface area contributed by atoms with E-state index < -0.39 is 5.97 Å². The zero-order chi connectivity index (χ0) is 14.0. The number of nitrogens with one attached hydrogen (secondary N) is 1. The molecule has 98 valence electrons. The van der Waals surface area contributed by atoms with Gasteiger partial charge < -0.3 is 16.2 Å². The number of halogens is 1. The molecule has 0 saturated heterocycles. The number of anilines is 3. The van der Waals surface area contributed by atoms with Crippen LogP contribution in [0.25, 0.3) is 0 Å². The highest BCUT2D eigenvalue weighted by molar-refractivity contribution is 5.96. The van der Waals surface area contributed by atoms with Crippen LogP contribution in [0.1, 0.15) is 15.9 Å². The van der Waals surface area contributed by atoms with Crippen molar-refractivity contribution in [2.24, 2.45) is 0 Å². The van der Waals surface area contributed by atoms with Crippen LogP contribution in [0, 0.1) is 12.7 Å². The van der Waals surface area contributed by atoms with Gasteiger partial charge in [-0.15, -0.1) is 0 Å². The summed E-state index contributed by atoms with van der Waals surface area (Å²) >= 11 is 0. The van der Waals surface area contributed by atoms with Gasteiger partial charge in [0.1, 0.15) is 5.82 Å². The highest BCUT2D eigenvalue weighted by atomic mass is 19.1. The van der Waals surface area contributed by atoms with Crippen LogP contribution in [0.4, 0.5) is 21.5 Å². The van der Waals surface area contributed by atoms with Crippen molar-refractivity contribution in [3.63, 3.8) is 0 Å². The van der Waals surface area contributed by atoms with Gasteiger partial charge in [-0.1, -0.05) is 6.07 Å². The highest BCUT2D eigenvalue weighted by Gasteiger charge is 2.11. The van der Waals surface area contributed by atoms with Crippen LogP contribution in [0.3, 0.4) is 0 Å². The maximum atomic E-state index is 13.1. The average Bonchev–Trinajstić information content (AvgIpc) is 2.33. The molecule has 2 aromatic rings. The third-order valence-corrected chi connectivity index (χ3v) is 2.73. The molecule has 2 rings (SSSR count). The van der Waals surface area contributed by atoms with Crippen molar-refractivity contribution in [1.82, 2.24) is 0 Å². The van der Waals surface area contributed by atoms with Crippen molar-refractivity contribution >= 4 is 23.0 Å². The van der Waals surface area contributed by atoms with E-state index >= 15 is 0 Å². The summed E-state index contributed by atoms with van der Waals surface area (Å²) in [5.74, 6) is -1.46. The Morgan fingerprint density at radius 3 is 2.63 bits per heavy atom. The van der Waals surface area contributed by atoms with E-state index in [0.717, 1.165) is 0 Å². The molecule has 2 aromatic carbocycles. The Labute approximate surface area is 109 Å². The van der Waals surface area contributed by atoms with Crippen molar-refractivity contribution in [3.05, 3.63) is 53.3 Å². The number of nitrogens with two attached hydrogens (primary N) is 1. The minimum atomic E-state index is -1.09. The third kappa shape index (κ3) is 2.82. The van der Waals surface area contributed by atoms with Crippen LogP contribution >= 0.6 is 0 Å². The fraction of sp³-hybridized carbons (Fsp3) is 0.0714. The molecule has 0 unspecified atom stereocenters. The van der Waals surface area contributed by atoms with Crippen LogP contribution in [-0.4, -0.2) is 11.1 Å². The highest BCUT2D eigenvalue weighted by Crippen LogP contribution is 2.25. The molecular formula is C14H13FN2O2. The predicted molar refractivity (Wildman–Crippen MR) is 72.2 cm³/mol. The molecule has 0 aromatic heterocycles. The van der Waals surface area contributed by atoms with Crippen molar-refractivity contribution in [3.8, 4) is 0 Å². The maximum Gasteiger partial charge on any atom is 0.337 e. The number of carbonyl (C=O) groups is 1. The lowest BCUT2D eigenvalue weighted by Gasteiger charge is -2.11. The molecule has 4 N–H and O–H groups in total. The molecule has 0 heterocycles. The molecule has 5 heteroatoms. The van der Waals surface area contributed by atoms with Gasteiger partial charge in [0.15, 0.2) is 0 Å². The molecule has 0 radical (unpaired) electrons. The summed E-state index contributed by atoms with van der Waals surface area (Å²) < 4.78 is 13.1. The Hall–Kier alpha value is -2.56. The first-order valence-corrected chi connectivity index (χ1v) is 5.63. The smallest absolute Gasteiger partial charge is 0.337 e. The molecule has 0 aliphatic heterocycles. The summed E-state index contributed by atoms with van der Waals surface area (Å²) in [4.78, 5) is 11.1. The molecule has 0 amide bonds. The van der Waals surface area contributed by atoms with Crippen LogP contribution in [0.2, 0.25) is 0 Å².